The number of hydrogen-bond acceptors (Lipinski definition) is 5. The summed E-state index contributed by atoms with van der Waals surface area (Å²) in [7, 11) is -3.73. The number of nitrogens with two attached hydrogens (primary N) is 1. The Labute approximate surface area is 98.8 Å². The van der Waals surface area contributed by atoms with E-state index >= 15 is 0 Å². The summed E-state index contributed by atoms with van der Waals surface area (Å²) in [5.74, 6) is -0.347. The number of anilines is 1. The Morgan fingerprint density at radius 3 is 2.47 bits per heavy atom. The highest BCUT2D eigenvalue weighted by atomic mass is 32.2. The van der Waals surface area contributed by atoms with Crippen LogP contribution < -0.4 is 15.9 Å². The Morgan fingerprint density at radius 2 is 1.94 bits per heavy atom. The van der Waals surface area contributed by atoms with Crippen LogP contribution in [0.5, 0.6) is 0 Å². The van der Waals surface area contributed by atoms with E-state index in [9.17, 15) is 13.2 Å². The van der Waals surface area contributed by atoms with Gasteiger partial charge >= 0.3 is 0 Å². The van der Waals surface area contributed by atoms with Crippen molar-refractivity contribution in [2.45, 2.75) is 11.8 Å². The average Bonchev–Trinajstić information content (AvgIpc) is 2.25. The van der Waals surface area contributed by atoms with Gasteiger partial charge in [0.25, 0.3) is 10.0 Å². The van der Waals surface area contributed by atoms with E-state index in [0.29, 0.717) is 5.69 Å². The quantitative estimate of drug-likeness (QED) is 0.295. The van der Waals surface area contributed by atoms with E-state index < -0.39 is 10.0 Å². The van der Waals surface area contributed by atoms with Crippen LogP contribution in [0.3, 0.4) is 0 Å². The highest BCUT2D eigenvalue weighted by Gasteiger charge is 2.11. The number of carbonyl (C=O) groups is 1. The number of hydrogen-bond donors (Lipinski definition) is 3. The first-order valence-corrected chi connectivity index (χ1v) is 6.06. The maximum Gasteiger partial charge on any atom is 0.276 e. The minimum atomic E-state index is -3.73. The molecular formula is C9H12N4O3S. The molecule has 1 amide bonds. The number of carbonyl (C=O) groups excluding carboxylic acids is 1. The Balaban J connectivity index is 2.72. The number of rotatable bonds is 4. The molecule has 1 rings (SSSR count). The molecule has 0 saturated carbocycles. The first kappa shape index (κ1) is 13.0. The van der Waals surface area contributed by atoms with E-state index in [4.69, 9.17) is 5.73 Å². The summed E-state index contributed by atoms with van der Waals surface area (Å²) in [6.07, 6.45) is 0.956. The van der Waals surface area contributed by atoms with Gasteiger partial charge in [0.1, 0.15) is 6.34 Å². The molecule has 0 aliphatic rings. The monoisotopic (exact) mass is 256 g/mol. The standard InChI is InChI=1S/C9H12N4O3S/c1-7(14)11-6-12-13-17(15,16)9-4-2-8(10)3-5-9/h2-6,13H,10H2,1H3,(H,11,12,14). The van der Waals surface area contributed by atoms with Gasteiger partial charge in [-0.2, -0.15) is 18.4 Å². The molecule has 7 nitrogen and oxygen atoms in total. The molecule has 0 radical (unpaired) electrons. The van der Waals surface area contributed by atoms with Crippen molar-refractivity contribution in [3.8, 4) is 0 Å². The number of amides is 1. The first-order valence-electron chi connectivity index (χ1n) is 4.58. The van der Waals surface area contributed by atoms with Crippen molar-refractivity contribution in [1.82, 2.24) is 10.1 Å². The molecule has 0 atom stereocenters. The van der Waals surface area contributed by atoms with Gasteiger partial charge < -0.3 is 11.1 Å². The summed E-state index contributed by atoms with van der Waals surface area (Å²) in [6.45, 7) is 1.28. The third kappa shape index (κ3) is 4.11. The van der Waals surface area contributed by atoms with Crippen LogP contribution in [0, 0.1) is 0 Å². The molecule has 0 aromatic heterocycles. The first-order chi connectivity index (χ1) is 7.92. The lowest BCUT2D eigenvalue weighted by Gasteiger charge is -2.03. The van der Waals surface area contributed by atoms with E-state index in [0.717, 1.165) is 6.34 Å². The van der Waals surface area contributed by atoms with Crippen molar-refractivity contribution >= 4 is 28.0 Å². The van der Waals surface area contributed by atoms with Gasteiger partial charge in [-0.3, -0.25) is 4.79 Å². The Morgan fingerprint density at radius 1 is 1.35 bits per heavy atom. The van der Waals surface area contributed by atoms with Gasteiger partial charge in [-0.15, -0.1) is 0 Å². The Bertz CT molecular complexity index is 522. The van der Waals surface area contributed by atoms with Crippen molar-refractivity contribution in [2.24, 2.45) is 5.10 Å². The number of benzene rings is 1. The molecular weight excluding hydrogens is 244 g/mol. The fourth-order valence-electron chi connectivity index (χ4n) is 0.919. The lowest BCUT2D eigenvalue weighted by atomic mass is 10.3. The van der Waals surface area contributed by atoms with Crippen LogP contribution >= 0.6 is 0 Å². The van der Waals surface area contributed by atoms with Crippen molar-refractivity contribution in [2.75, 3.05) is 5.73 Å². The van der Waals surface area contributed by atoms with Gasteiger partial charge in [0, 0.05) is 12.6 Å². The number of nitrogens with one attached hydrogen (secondary N) is 2. The minimum absolute atomic E-state index is 0.0340. The van der Waals surface area contributed by atoms with Gasteiger partial charge in [0.2, 0.25) is 5.91 Å². The zero-order valence-corrected chi connectivity index (χ0v) is 9.86. The summed E-state index contributed by atoms with van der Waals surface area (Å²) < 4.78 is 23.2. The third-order valence-corrected chi connectivity index (χ3v) is 2.93. The summed E-state index contributed by atoms with van der Waals surface area (Å²) in [6, 6.07) is 5.63. The number of sulfonamides is 1. The fourth-order valence-corrected chi connectivity index (χ4v) is 1.71. The van der Waals surface area contributed by atoms with Crippen LogP contribution in [0.2, 0.25) is 0 Å². The molecule has 0 bridgehead atoms. The molecule has 0 spiro atoms. The van der Waals surface area contributed by atoms with Crippen LogP contribution in [-0.2, 0) is 14.8 Å². The van der Waals surface area contributed by atoms with E-state index in [-0.39, 0.29) is 10.8 Å². The lowest BCUT2D eigenvalue weighted by Crippen LogP contribution is -2.23. The van der Waals surface area contributed by atoms with Gasteiger partial charge in [-0.25, -0.2) is 0 Å². The molecule has 0 heterocycles. The number of nitrogen functional groups attached to an aromatic ring is 1. The molecule has 1 aromatic rings. The second-order valence-electron chi connectivity index (χ2n) is 3.12. The number of nitrogens with zero attached hydrogens (tertiary/aromatic N) is 1. The lowest BCUT2D eigenvalue weighted by molar-refractivity contribution is -0.117. The third-order valence-electron chi connectivity index (χ3n) is 1.70. The molecule has 92 valence electrons. The number of hydrazone groups is 1. The highest BCUT2D eigenvalue weighted by Crippen LogP contribution is 2.10. The van der Waals surface area contributed by atoms with Gasteiger partial charge in [-0.1, -0.05) is 0 Å². The predicted molar refractivity (Wildman–Crippen MR) is 63.5 cm³/mol. The average molecular weight is 256 g/mol. The van der Waals surface area contributed by atoms with Crippen molar-refractivity contribution < 1.29 is 13.2 Å². The van der Waals surface area contributed by atoms with E-state index in [2.05, 4.69) is 10.4 Å². The molecule has 1 aromatic carbocycles. The van der Waals surface area contributed by atoms with Gasteiger partial charge in [-0.05, 0) is 24.3 Å². The summed E-state index contributed by atoms with van der Waals surface area (Å²) in [5.41, 5.74) is 5.90. The highest BCUT2D eigenvalue weighted by molar-refractivity contribution is 7.89. The zero-order valence-electron chi connectivity index (χ0n) is 9.04. The Hall–Kier alpha value is -2.09. The largest absolute Gasteiger partial charge is 0.399 e. The predicted octanol–water partition coefficient (Wildman–Crippen LogP) is -0.373. The maximum atomic E-state index is 11.6. The van der Waals surface area contributed by atoms with Crippen LogP contribution in [-0.4, -0.2) is 20.7 Å². The zero-order chi connectivity index (χ0) is 12.9. The van der Waals surface area contributed by atoms with Crippen LogP contribution in [0.4, 0.5) is 5.69 Å². The van der Waals surface area contributed by atoms with Crippen LogP contribution in [0.15, 0.2) is 34.3 Å². The van der Waals surface area contributed by atoms with Crippen LogP contribution in [0.25, 0.3) is 0 Å². The van der Waals surface area contributed by atoms with Crippen molar-refractivity contribution in [3.05, 3.63) is 24.3 Å². The summed E-state index contributed by atoms with van der Waals surface area (Å²) >= 11 is 0. The summed E-state index contributed by atoms with van der Waals surface area (Å²) in [5, 5.41) is 5.56. The van der Waals surface area contributed by atoms with Crippen molar-refractivity contribution in [3.63, 3.8) is 0 Å². The molecule has 0 unspecified atom stereocenters. The molecule has 8 heteroatoms. The van der Waals surface area contributed by atoms with E-state index in [1.165, 1.54) is 31.2 Å². The topological polar surface area (TPSA) is 114 Å². The van der Waals surface area contributed by atoms with Gasteiger partial charge in [0.15, 0.2) is 0 Å². The van der Waals surface area contributed by atoms with Crippen molar-refractivity contribution in [1.29, 1.82) is 0 Å². The second-order valence-corrected chi connectivity index (χ2v) is 4.78. The van der Waals surface area contributed by atoms with Gasteiger partial charge in [0.05, 0.1) is 4.90 Å². The van der Waals surface area contributed by atoms with Crippen LogP contribution in [0.1, 0.15) is 6.92 Å². The molecule has 4 N–H and O–H groups in total. The van der Waals surface area contributed by atoms with E-state index in [1.807, 2.05) is 4.83 Å². The smallest absolute Gasteiger partial charge is 0.276 e. The SMILES string of the molecule is CC(=O)NC=NNS(=O)(=O)c1ccc(N)cc1. The molecule has 0 aliphatic heterocycles. The molecule has 0 fully saturated rings. The summed E-state index contributed by atoms with van der Waals surface area (Å²) in [4.78, 5) is 12.5. The Kier molecular flexibility index (Phi) is 4.05. The second kappa shape index (κ2) is 5.30. The molecule has 0 saturated heterocycles. The fraction of sp³-hybridized carbons (Fsp3) is 0.111. The normalized spacial score (nSPS) is 11.4. The maximum absolute atomic E-state index is 11.6. The minimum Gasteiger partial charge on any atom is -0.399 e. The molecule has 0 aliphatic carbocycles. The van der Waals surface area contributed by atoms with E-state index in [1.54, 1.807) is 0 Å². The molecule has 17 heavy (non-hydrogen) atoms.